The molecule has 1 fully saturated rings. The van der Waals surface area contributed by atoms with Crippen molar-refractivity contribution in [1.82, 2.24) is 14.5 Å². The number of pyridine rings is 2. The van der Waals surface area contributed by atoms with Crippen molar-refractivity contribution in [2.75, 3.05) is 5.32 Å². The Morgan fingerprint density at radius 3 is 2.83 bits per heavy atom. The maximum atomic E-state index is 13.7. The van der Waals surface area contributed by atoms with Gasteiger partial charge >= 0.3 is 0 Å². The molecule has 23 heavy (non-hydrogen) atoms. The Balaban J connectivity index is 1.70. The van der Waals surface area contributed by atoms with Gasteiger partial charge in [-0.15, -0.1) is 0 Å². The third kappa shape index (κ3) is 2.67. The summed E-state index contributed by atoms with van der Waals surface area (Å²) in [7, 11) is 0. The van der Waals surface area contributed by atoms with Crippen molar-refractivity contribution in [1.29, 1.82) is 0 Å². The lowest BCUT2D eigenvalue weighted by atomic mass is 10.2. The predicted molar refractivity (Wildman–Crippen MR) is 84.6 cm³/mol. The molecule has 0 spiro atoms. The van der Waals surface area contributed by atoms with E-state index in [2.05, 4.69) is 19.9 Å². The quantitative estimate of drug-likeness (QED) is 0.805. The molecule has 1 saturated carbocycles. The van der Waals surface area contributed by atoms with E-state index in [1.54, 1.807) is 12.4 Å². The first-order valence-electron chi connectivity index (χ1n) is 7.56. The molecular formula is C17H15FN4O. The maximum absolute atomic E-state index is 13.7. The Morgan fingerprint density at radius 1 is 1.26 bits per heavy atom. The highest BCUT2D eigenvalue weighted by atomic mass is 19.1. The van der Waals surface area contributed by atoms with E-state index in [0.29, 0.717) is 11.5 Å². The summed E-state index contributed by atoms with van der Waals surface area (Å²) in [6, 6.07) is 3.34. The van der Waals surface area contributed by atoms with Crippen molar-refractivity contribution in [3.8, 4) is 0 Å². The van der Waals surface area contributed by atoms with Gasteiger partial charge in [0.25, 0.3) is 5.91 Å². The molecule has 0 saturated heterocycles. The third-order valence-electron chi connectivity index (χ3n) is 4.10. The molecule has 0 bridgehead atoms. The minimum absolute atomic E-state index is 0.122. The Morgan fingerprint density at radius 2 is 2.04 bits per heavy atom. The van der Waals surface area contributed by atoms with Crippen LogP contribution in [0, 0.1) is 11.7 Å². The molecule has 1 aliphatic rings. The monoisotopic (exact) mass is 310 g/mol. The fourth-order valence-electron chi connectivity index (χ4n) is 2.72. The molecule has 5 nitrogen and oxygen atoms in total. The summed E-state index contributed by atoms with van der Waals surface area (Å²) in [5.41, 5.74) is 1.61. The molecule has 6 heteroatoms. The summed E-state index contributed by atoms with van der Waals surface area (Å²) < 4.78 is 15.8. The Bertz CT molecular complexity index is 885. The molecule has 1 amide bonds. The maximum Gasteiger partial charge on any atom is 0.257 e. The standard InChI is InChI=1S/C17H15FN4O/c18-14-8-20-5-3-15(14)21-17(23)13-10-22(9-11-1-2-11)16-4-6-19-7-12(13)16/h3-8,10-11H,1-2,9H2,(H,20,21,23). The Hall–Kier alpha value is -2.76. The van der Waals surface area contributed by atoms with Crippen LogP contribution in [0.25, 0.3) is 10.9 Å². The van der Waals surface area contributed by atoms with Crippen molar-refractivity contribution in [2.24, 2.45) is 5.92 Å². The molecule has 4 rings (SSSR count). The highest BCUT2D eigenvalue weighted by molar-refractivity contribution is 6.12. The first-order chi connectivity index (χ1) is 11.2. The van der Waals surface area contributed by atoms with Crippen LogP contribution in [-0.4, -0.2) is 20.4 Å². The first kappa shape index (κ1) is 13.9. The molecule has 0 unspecified atom stereocenters. The van der Waals surface area contributed by atoms with Crippen LogP contribution < -0.4 is 5.32 Å². The number of hydrogen-bond acceptors (Lipinski definition) is 3. The number of halogens is 1. The minimum atomic E-state index is -0.555. The first-order valence-corrected chi connectivity index (χ1v) is 7.56. The summed E-state index contributed by atoms with van der Waals surface area (Å²) in [5.74, 6) is -0.212. The van der Waals surface area contributed by atoms with Crippen LogP contribution in [0.5, 0.6) is 0 Å². The highest BCUT2D eigenvalue weighted by Gasteiger charge is 2.24. The average molecular weight is 310 g/mol. The molecule has 1 N–H and O–H groups in total. The van der Waals surface area contributed by atoms with Crippen LogP contribution in [0.4, 0.5) is 10.1 Å². The normalized spacial score (nSPS) is 14.1. The SMILES string of the molecule is O=C(Nc1ccncc1F)c1cn(CC2CC2)c2ccncc12. The van der Waals surface area contributed by atoms with Crippen LogP contribution >= 0.6 is 0 Å². The predicted octanol–water partition coefficient (Wildman–Crippen LogP) is 3.23. The van der Waals surface area contributed by atoms with E-state index < -0.39 is 5.82 Å². The van der Waals surface area contributed by atoms with Crippen LogP contribution in [0.1, 0.15) is 23.2 Å². The molecule has 116 valence electrons. The van der Waals surface area contributed by atoms with Crippen LogP contribution in [0.2, 0.25) is 0 Å². The van der Waals surface area contributed by atoms with Gasteiger partial charge in [-0.1, -0.05) is 0 Å². The van der Waals surface area contributed by atoms with Gasteiger partial charge in [0.15, 0.2) is 5.82 Å². The number of rotatable bonds is 4. The second-order valence-electron chi connectivity index (χ2n) is 5.84. The average Bonchev–Trinajstić information content (AvgIpc) is 3.30. The Labute approximate surface area is 132 Å². The van der Waals surface area contributed by atoms with Gasteiger partial charge in [0.2, 0.25) is 0 Å². The molecule has 0 atom stereocenters. The summed E-state index contributed by atoms with van der Waals surface area (Å²) in [6.45, 7) is 0.900. The van der Waals surface area contributed by atoms with Crippen molar-refractivity contribution in [2.45, 2.75) is 19.4 Å². The summed E-state index contributed by atoms with van der Waals surface area (Å²) in [4.78, 5) is 20.3. The summed E-state index contributed by atoms with van der Waals surface area (Å²) in [5, 5.41) is 3.38. The number of aromatic nitrogens is 3. The van der Waals surface area contributed by atoms with Crippen molar-refractivity contribution >= 4 is 22.5 Å². The summed E-state index contributed by atoms with van der Waals surface area (Å²) in [6.07, 6.45) is 10.2. The lowest BCUT2D eigenvalue weighted by Crippen LogP contribution is -2.13. The smallest absolute Gasteiger partial charge is 0.257 e. The molecule has 0 aliphatic heterocycles. The van der Waals surface area contributed by atoms with Gasteiger partial charge in [0.05, 0.1) is 23.0 Å². The number of carbonyl (C=O) groups is 1. The van der Waals surface area contributed by atoms with Crippen LogP contribution in [0.15, 0.2) is 43.1 Å². The zero-order valence-corrected chi connectivity index (χ0v) is 12.4. The van der Waals surface area contributed by atoms with E-state index in [1.807, 2.05) is 12.3 Å². The van der Waals surface area contributed by atoms with E-state index in [-0.39, 0.29) is 11.6 Å². The highest BCUT2D eigenvalue weighted by Crippen LogP contribution is 2.33. The van der Waals surface area contributed by atoms with E-state index in [0.717, 1.165) is 23.6 Å². The van der Waals surface area contributed by atoms with E-state index in [1.165, 1.54) is 25.1 Å². The fourth-order valence-corrected chi connectivity index (χ4v) is 2.72. The topological polar surface area (TPSA) is 59.8 Å². The van der Waals surface area contributed by atoms with Crippen molar-refractivity contribution in [3.63, 3.8) is 0 Å². The molecule has 0 aromatic carbocycles. The molecule has 3 aromatic rings. The van der Waals surface area contributed by atoms with E-state index in [4.69, 9.17) is 0 Å². The molecule has 3 heterocycles. The summed E-state index contributed by atoms with van der Waals surface area (Å²) >= 11 is 0. The number of fused-ring (bicyclic) bond motifs is 1. The van der Waals surface area contributed by atoms with Crippen molar-refractivity contribution < 1.29 is 9.18 Å². The second-order valence-corrected chi connectivity index (χ2v) is 5.84. The number of hydrogen-bond donors (Lipinski definition) is 1. The van der Waals surface area contributed by atoms with E-state index in [9.17, 15) is 9.18 Å². The molecule has 1 aliphatic carbocycles. The second kappa shape index (κ2) is 5.46. The minimum Gasteiger partial charge on any atom is -0.346 e. The van der Waals surface area contributed by atoms with Gasteiger partial charge in [-0.2, -0.15) is 0 Å². The zero-order valence-electron chi connectivity index (χ0n) is 12.4. The lowest BCUT2D eigenvalue weighted by molar-refractivity contribution is 0.102. The Kier molecular flexibility index (Phi) is 3.29. The molecule has 0 radical (unpaired) electrons. The van der Waals surface area contributed by atoms with Gasteiger partial charge < -0.3 is 9.88 Å². The number of carbonyl (C=O) groups excluding carboxylic acids is 1. The number of nitrogens with zero attached hydrogens (tertiary/aromatic N) is 3. The van der Waals surface area contributed by atoms with Gasteiger partial charge in [0.1, 0.15) is 0 Å². The van der Waals surface area contributed by atoms with Crippen LogP contribution in [-0.2, 0) is 6.54 Å². The van der Waals surface area contributed by atoms with Crippen molar-refractivity contribution in [3.05, 3.63) is 54.5 Å². The number of amides is 1. The largest absolute Gasteiger partial charge is 0.346 e. The van der Waals surface area contributed by atoms with E-state index >= 15 is 0 Å². The molecule has 3 aromatic heterocycles. The zero-order chi connectivity index (χ0) is 15.8. The van der Waals surface area contributed by atoms with Gasteiger partial charge in [-0.25, -0.2) is 4.39 Å². The van der Waals surface area contributed by atoms with Crippen LogP contribution in [0.3, 0.4) is 0 Å². The number of anilines is 1. The van der Waals surface area contributed by atoms with Gasteiger partial charge in [-0.05, 0) is 30.9 Å². The van der Waals surface area contributed by atoms with Gasteiger partial charge in [0, 0.05) is 36.7 Å². The number of nitrogens with one attached hydrogen (secondary N) is 1. The van der Waals surface area contributed by atoms with Gasteiger partial charge in [-0.3, -0.25) is 14.8 Å². The molecular weight excluding hydrogens is 295 g/mol. The lowest BCUT2D eigenvalue weighted by Gasteiger charge is -2.04. The fraction of sp³-hybridized carbons (Fsp3) is 0.235. The third-order valence-corrected chi connectivity index (χ3v) is 4.10.